The summed E-state index contributed by atoms with van der Waals surface area (Å²) in [5, 5.41) is 2.12. The predicted octanol–water partition coefficient (Wildman–Crippen LogP) is 0.588. The fourth-order valence-electron chi connectivity index (χ4n) is 0.675. The minimum atomic E-state index is 0.669. The number of hydrogen-bond donors (Lipinski definition) is 1. The van der Waals surface area contributed by atoms with E-state index in [-0.39, 0.29) is 0 Å². The highest BCUT2D eigenvalue weighted by Gasteiger charge is 2.13. The van der Waals surface area contributed by atoms with Gasteiger partial charge in [0, 0.05) is 13.6 Å². The molecular formula is C4H9IN2. The minimum Gasteiger partial charge on any atom is -0.246 e. The van der Waals surface area contributed by atoms with Crippen LogP contribution in [0.1, 0.15) is 6.42 Å². The predicted molar refractivity (Wildman–Crippen MR) is 38.2 cm³/mol. The summed E-state index contributed by atoms with van der Waals surface area (Å²) in [5.74, 6) is 0. The van der Waals surface area contributed by atoms with E-state index in [9.17, 15) is 0 Å². The van der Waals surface area contributed by atoms with Gasteiger partial charge < -0.3 is 0 Å². The molecule has 0 aromatic carbocycles. The fourth-order valence-corrected chi connectivity index (χ4v) is 1.43. The highest BCUT2D eigenvalue weighted by atomic mass is 127. The van der Waals surface area contributed by atoms with Gasteiger partial charge in [0.05, 0.1) is 4.05 Å². The molecule has 1 atom stereocenters. The molecule has 0 amide bonds. The molecule has 1 fully saturated rings. The van der Waals surface area contributed by atoms with Crippen LogP contribution in [0.15, 0.2) is 0 Å². The Hall–Kier alpha value is 0.650. The Morgan fingerprint density at radius 1 is 1.86 bits per heavy atom. The van der Waals surface area contributed by atoms with Crippen LogP contribution in [0.4, 0.5) is 0 Å². The Kier molecular flexibility index (Phi) is 1.88. The zero-order valence-corrected chi connectivity index (χ0v) is 6.47. The largest absolute Gasteiger partial charge is 0.246 e. The summed E-state index contributed by atoms with van der Waals surface area (Å²) in [5.41, 5.74) is 3.24. The van der Waals surface area contributed by atoms with E-state index < -0.39 is 0 Å². The number of alkyl halides is 1. The van der Waals surface area contributed by atoms with Crippen LogP contribution in [0.2, 0.25) is 0 Å². The molecule has 0 saturated carbocycles. The molecule has 0 aromatic rings. The first kappa shape index (κ1) is 5.78. The molecule has 0 spiro atoms. The van der Waals surface area contributed by atoms with Crippen LogP contribution >= 0.6 is 22.6 Å². The number of halogens is 1. The van der Waals surface area contributed by atoms with Crippen molar-refractivity contribution in [1.82, 2.24) is 10.4 Å². The second-order valence-corrected chi connectivity index (χ2v) is 3.31. The lowest BCUT2D eigenvalue weighted by Crippen LogP contribution is -2.28. The standard InChI is InChI=1S/C4H9IN2/c1-7-3-2-4(5)6-7/h4,6H,2-3H2,1H3/t4-/m0/s1. The van der Waals surface area contributed by atoms with E-state index in [0.29, 0.717) is 4.05 Å². The molecule has 1 heterocycles. The van der Waals surface area contributed by atoms with Crippen LogP contribution in [0, 0.1) is 0 Å². The number of rotatable bonds is 0. The fraction of sp³-hybridized carbons (Fsp3) is 1.00. The molecule has 0 bridgehead atoms. The molecule has 0 aliphatic carbocycles. The topological polar surface area (TPSA) is 15.3 Å². The molecule has 1 rings (SSSR count). The van der Waals surface area contributed by atoms with E-state index >= 15 is 0 Å². The van der Waals surface area contributed by atoms with Gasteiger partial charge in [0.2, 0.25) is 0 Å². The smallest absolute Gasteiger partial charge is 0.0742 e. The Labute approximate surface area is 57.4 Å². The zero-order valence-electron chi connectivity index (χ0n) is 4.32. The maximum Gasteiger partial charge on any atom is 0.0742 e. The van der Waals surface area contributed by atoms with Crippen molar-refractivity contribution in [3.63, 3.8) is 0 Å². The van der Waals surface area contributed by atoms with Gasteiger partial charge in [-0.1, -0.05) is 22.6 Å². The summed E-state index contributed by atoms with van der Waals surface area (Å²) in [6.07, 6.45) is 1.27. The van der Waals surface area contributed by atoms with Gasteiger partial charge in [-0.05, 0) is 6.42 Å². The summed E-state index contributed by atoms with van der Waals surface area (Å²) >= 11 is 2.39. The highest BCUT2D eigenvalue weighted by molar-refractivity contribution is 14.1. The molecule has 1 N–H and O–H groups in total. The van der Waals surface area contributed by atoms with E-state index in [1.807, 2.05) is 0 Å². The quantitative estimate of drug-likeness (QED) is 0.359. The second kappa shape index (κ2) is 2.28. The number of hydrogen-bond acceptors (Lipinski definition) is 2. The molecule has 0 aromatic heterocycles. The van der Waals surface area contributed by atoms with Crippen LogP contribution < -0.4 is 5.43 Å². The van der Waals surface area contributed by atoms with E-state index in [1.54, 1.807) is 0 Å². The van der Waals surface area contributed by atoms with E-state index in [2.05, 4.69) is 40.1 Å². The molecule has 2 nitrogen and oxygen atoms in total. The number of nitrogens with zero attached hydrogens (tertiary/aromatic N) is 1. The van der Waals surface area contributed by atoms with Crippen LogP contribution in [0.25, 0.3) is 0 Å². The Balaban J connectivity index is 2.26. The van der Waals surface area contributed by atoms with Crippen LogP contribution in [0.5, 0.6) is 0 Å². The third-order valence-corrected chi connectivity index (χ3v) is 1.98. The first-order chi connectivity index (χ1) is 3.29. The van der Waals surface area contributed by atoms with Crippen molar-refractivity contribution < 1.29 is 0 Å². The lowest BCUT2D eigenvalue weighted by atomic mass is 10.5. The van der Waals surface area contributed by atoms with Crippen molar-refractivity contribution >= 4 is 22.6 Å². The summed E-state index contributed by atoms with van der Waals surface area (Å²) < 4.78 is 0.669. The molecule has 7 heavy (non-hydrogen) atoms. The minimum absolute atomic E-state index is 0.669. The van der Waals surface area contributed by atoms with Gasteiger partial charge in [0.15, 0.2) is 0 Å². The maximum atomic E-state index is 3.24. The molecule has 1 saturated heterocycles. The van der Waals surface area contributed by atoms with Gasteiger partial charge in [0.1, 0.15) is 0 Å². The van der Waals surface area contributed by atoms with E-state index in [1.165, 1.54) is 13.0 Å². The second-order valence-electron chi connectivity index (χ2n) is 1.81. The van der Waals surface area contributed by atoms with Crippen LogP contribution in [-0.2, 0) is 0 Å². The first-order valence-electron chi connectivity index (χ1n) is 2.40. The van der Waals surface area contributed by atoms with Crippen molar-refractivity contribution in [2.24, 2.45) is 0 Å². The van der Waals surface area contributed by atoms with Crippen molar-refractivity contribution in [3.8, 4) is 0 Å². The van der Waals surface area contributed by atoms with Crippen LogP contribution in [0.3, 0.4) is 0 Å². The summed E-state index contributed by atoms with van der Waals surface area (Å²) in [7, 11) is 2.07. The summed E-state index contributed by atoms with van der Waals surface area (Å²) in [4.78, 5) is 0. The highest BCUT2D eigenvalue weighted by Crippen LogP contribution is 2.08. The average Bonchev–Trinajstić information content (AvgIpc) is 1.87. The van der Waals surface area contributed by atoms with Crippen molar-refractivity contribution in [3.05, 3.63) is 0 Å². The third kappa shape index (κ3) is 1.54. The Morgan fingerprint density at radius 3 is 2.71 bits per heavy atom. The van der Waals surface area contributed by atoms with Crippen LogP contribution in [-0.4, -0.2) is 22.6 Å². The summed E-state index contributed by atoms with van der Waals surface area (Å²) in [6.45, 7) is 1.19. The van der Waals surface area contributed by atoms with Gasteiger partial charge in [0.25, 0.3) is 0 Å². The average molecular weight is 212 g/mol. The Morgan fingerprint density at radius 2 is 2.57 bits per heavy atom. The lowest BCUT2D eigenvalue weighted by molar-refractivity contribution is 0.313. The van der Waals surface area contributed by atoms with Gasteiger partial charge in [-0.15, -0.1) is 0 Å². The molecule has 1 aliphatic heterocycles. The van der Waals surface area contributed by atoms with Gasteiger partial charge in [-0.2, -0.15) is 0 Å². The lowest BCUT2D eigenvalue weighted by Gasteiger charge is -2.05. The van der Waals surface area contributed by atoms with Crippen molar-refractivity contribution in [1.29, 1.82) is 0 Å². The molecular weight excluding hydrogens is 203 g/mol. The first-order valence-corrected chi connectivity index (χ1v) is 3.65. The molecule has 1 aliphatic rings. The van der Waals surface area contributed by atoms with Gasteiger partial charge in [-0.3, -0.25) is 0 Å². The summed E-state index contributed by atoms with van der Waals surface area (Å²) in [6, 6.07) is 0. The van der Waals surface area contributed by atoms with E-state index in [0.717, 1.165) is 0 Å². The SMILES string of the molecule is CN1CC[C@@H](I)N1. The molecule has 3 heteroatoms. The normalized spacial score (nSPS) is 34.3. The maximum absolute atomic E-state index is 3.24. The van der Waals surface area contributed by atoms with E-state index in [4.69, 9.17) is 0 Å². The molecule has 0 radical (unpaired) electrons. The molecule has 0 unspecified atom stereocenters. The van der Waals surface area contributed by atoms with Gasteiger partial charge in [-0.25, -0.2) is 10.4 Å². The Bertz CT molecular complexity index is 58.7. The molecule has 42 valence electrons. The van der Waals surface area contributed by atoms with Crippen molar-refractivity contribution in [2.75, 3.05) is 13.6 Å². The third-order valence-electron chi connectivity index (χ3n) is 1.08. The van der Waals surface area contributed by atoms with Crippen molar-refractivity contribution in [2.45, 2.75) is 10.5 Å². The zero-order chi connectivity index (χ0) is 5.28. The monoisotopic (exact) mass is 212 g/mol. The van der Waals surface area contributed by atoms with Gasteiger partial charge >= 0.3 is 0 Å². The number of nitrogens with one attached hydrogen (secondary N) is 1. The number of hydrazine groups is 1.